The van der Waals surface area contributed by atoms with Gasteiger partial charge in [-0.15, -0.1) is 0 Å². The molecule has 0 unspecified atom stereocenters. The minimum atomic E-state index is -0.445. The number of nitriles is 1. The summed E-state index contributed by atoms with van der Waals surface area (Å²) in [6.45, 7) is 0.169. The highest BCUT2D eigenvalue weighted by Crippen LogP contribution is 2.35. The van der Waals surface area contributed by atoms with Gasteiger partial charge >= 0.3 is 0 Å². The van der Waals surface area contributed by atoms with Gasteiger partial charge < -0.3 is 14.5 Å². The molecular formula is C13H9N3O3S. The number of rotatable bonds is 2. The minimum Gasteiger partial charge on any atom is -0.454 e. The molecule has 0 spiro atoms. The average Bonchev–Trinajstić information content (AvgIpc) is 2.93. The molecule has 1 aliphatic heterocycles. The zero-order valence-corrected chi connectivity index (χ0v) is 11.3. The van der Waals surface area contributed by atoms with E-state index in [1.807, 2.05) is 6.07 Å². The smallest absolute Gasteiger partial charge is 0.270 e. The predicted molar refractivity (Wildman–Crippen MR) is 72.9 cm³/mol. The van der Waals surface area contributed by atoms with E-state index in [1.54, 1.807) is 24.5 Å². The van der Waals surface area contributed by atoms with Gasteiger partial charge in [-0.1, -0.05) is 11.8 Å². The van der Waals surface area contributed by atoms with Gasteiger partial charge in [0, 0.05) is 5.56 Å². The summed E-state index contributed by atoms with van der Waals surface area (Å²) in [7, 11) is 0. The van der Waals surface area contributed by atoms with Gasteiger partial charge in [-0.2, -0.15) is 5.26 Å². The van der Waals surface area contributed by atoms with Crippen molar-refractivity contribution in [3.05, 3.63) is 34.1 Å². The number of aromatic nitrogens is 2. The highest BCUT2D eigenvalue weighted by atomic mass is 32.2. The van der Waals surface area contributed by atoms with Crippen molar-refractivity contribution < 1.29 is 9.47 Å². The molecule has 2 aromatic rings. The Hall–Kier alpha value is -2.46. The molecule has 3 rings (SSSR count). The molecule has 1 aromatic carbocycles. The van der Waals surface area contributed by atoms with Crippen LogP contribution in [0.4, 0.5) is 0 Å². The molecule has 1 N–H and O–H groups in total. The van der Waals surface area contributed by atoms with Crippen LogP contribution in [0.3, 0.4) is 0 Å². The Morgan fingerprint density at radius 2 is 2.20 bits per heavy atom. The lowest BCUT2D eigenvalue weighted by molar-refractivity contribution is 0.174. The summed E-state index contributed by atoms with van der Waals surface area (Å²) < 4.78 is 10.5. The average molecular weight is 287 g/mol. The van der Waals surface area contributed by atoms with E-state index in [-0.39, 0.29) is 12.4 Å². The molecule has 0 atom stereocenters. The maximum Gasteiger partial charge on any atom is 0.270 e. The summed E-state index contributed by atoms with van der Waals surface area (Å²) in [5.74, 6) is 1.22. The van der Waals surface area contributed by atoms with Crippen LogP contribution >= 0.6 is 11.8 Å². The third kappa shape index (κ3) is 2.00. The lowest BCUT2D eigenvalue weighted by Crippen LogP contribution is -2.14. The van der Waals surface area contributed by atoms with Crippen LogP contribution in [-0.4, -0.2) is 23.0 Å². The monoisotopic (exact) mass is 287 g/mol. The Kier molecular flexibility index (Phi) is 3.08. The number of fused-ring (bicyclic) bond motifs is 1. The van der Waals surface area contributed by atoms with Gasteiger partial charge in [0.2, 0.25) is 6.79 Å². The van der Waals surface area contributed by atoms with Crippen LogP contribution in [0.1, 0.15) is 5.56 Å². The Morgan fingerprint density at radius 3 is 2.95 bits per heavy atom. The van der Waals surface area contributed by atoms with Crippen LogP contribution in [0.25, 0.3) is 11.3 Å². The van der Waals surface area contributed by atoms with E-state index in [2.05, 4.69) is 9.97 Å². The molecule has 6 nitrogen and oxygen atoms in total. The number of ether oxygens (including phenoxy) is 2. The molecule has 0 fully saturated rings. The van der Waals surface area contributed by atoms with Crippen molar-refractivity contribution in [1.82, 2.24) is 9.97 Å². The molecule has 1 aromatic heterocycles. The zero-order chi connectivity index (χ0) is 14.1. The maximum absolute atomic E-state index is 11.9. The number of nitrogens with zero attached hydrogens (tertiary/aromatic N) is 2. The van der Waals surface area contributed by atoms with Crippen molar-refractivity contribution in [2.24, 2.45) is 0 Å². The summed E-state index contributed by atoms with van der Waals surface area (Å²) in [6.07, 6.45) is 1.80. The summed E-state index contributed by atoms with van der Waals surface area (Å²) in [5.41, 5.74) is 0.535. The van der Waals surface area contributed by atoms with E-state index in [0.29, 0.717) is 27.9 Å². The van der Waals surface area contributed by atoms with Gasteiger partial charge in [-0.05, 0) is 24.5 Å². The van der Waals surface area contributed by atoms with Crippen molar-refractivity contribution in [2.75, 3.05) is 13.0 Å². The van der Waals surface area contributed by atoms with E-state index in [1.165, 1.54) is 11.8 Å². The van der Waals surface area contributed by atoms with Crippen LogP contribution in [0.2, 0.25) is 0 Å². The van der Waals surface area contributed by atoms with Gasteiger partial charge in [0.25, 0.3) is 5.56 Å². The normalized spacial score (nSPS) is 12.2. The van der Waals surface area contributed by atoms with Gasteiger partial charge in [0.1, 0.15) is 11.6 Å². The van der Waals surface area contributed by atoms with Gasteiger partial charge in [0.15, 0.2) is 16.7 Å². The number of benzene rings is 1. The second-order valence-electron chi connectivity index (χ2n) is 3.98. The first kappa shape index (κ1) is 12.6. The Bertz CT molecular complexity index is 779. The number of hydrogen-bond acceptors (Lipinski definition) is 6. The Balaban J connectivity index is 2.21. The van der Waals surface area contributed by atoms with E-state index in [0.717, 1.165) is 0 Å². The molecular weight excluding hydrogens is 278 g/mol. The fourth-order valence-electron chi connectivity index (χ4n) is 1.91. The number of H-pyrrole nitrogens is 1. The van der Waals surface area contributed by atoms with Crippen molar-refractivity contribution in [3.63, 3.8) is 0 Å². The predicted octanol–water partition coefficient (Wildman–Crippen LogP) is 1.76. The minimum absolute atomic E-state index is 0.0123. The fraction of sp³-hybridized carbons (Fsp3) is 0.154. The first-order valence-electron chi connectivity index (χ1n) is 5.71. The lowest BCUT2D eigenvalue weighted by atomic mass is 10.1. The van der Waals surface area contributed by atoms with Crippen molar-refractivity contribution in [1.29, 1.82) is 5.26 Å². The highest BCUT2D eigenvalue weighted by Gasteiger charge is 2.18. The van der Waals surface area contributed by atoms with Crippen LogP contribution in [0, 0.1) is 11.3 Å². The summed E-state index contributed by atoms with van der Waals surface area (Å²) in [4.78, 5) is 18.7. The second kappa shape index (κ2) is 4.90. The van der Waals surface area contributed by atoms with E-state index >= 15 is 0 Å². The fourth-order valence-corrected chi connectivity index (χ4v) is 2.28. The number of hydrogen-bond donors (Lipinski definition) is 1. The van der Waals surface area contributed by atoms with Crippen LogP contribution in [0.15, 0.2) is 28.2 Å². The maximum atomic E-state index is 11.9. The number of aromatic amines is 1. The van der Waals surface area contributed by atoms with Crippen molar-refractivity contribution in [3.8, 4) is 28.8 Å². The third-order valence-corrected chi connectivity index (χ3v) is 3.43. The first-order chi connectivity index (χ1) is 9.72. The van der Waals surface area contributed by atoms with Crippen LogP contribution in [0.5, 0.6) is 11.5 Å². The number of nitrogens with one attached hydrogen (secondary N) is 1. The third-order valence-electron chi connectivity index (χ3n) is 2.85. The highest BCUT2D eigenvalue weighted by molar-refractivity contribution is 7.98. The SMILES string of the molecule is CSc1nc(-c2ccc3c(c2)OCO3)c(C#N)c(=O)[nH]1. The zero-order valence-electron chi connectivity index (χ0n) is 10.5. The summed E-state index contributed by atoms with van der Waals surface area (Å²) in [6, 6.07) is 7.10. The molecule has 0 bridgehead atoms. The molecule has 20 heavy (non-hydrogen) atoms. The van der Waals surface area contributed by atoms with E-state index < -0.39 is 5.56 Å². The van der Waals surface area contributed by atoms with Crippen molar-refractivity contribution in [2.45, 2.75) is 5.16 Å². The lowest BCUT2D eigenvalue weighted by Gasteiger charge is -2.06. The molecule has 100 valence electrons. The molecule has 1 aliphatic rings. The quantitative estimate of drug-likeness (QED) is 0.669. The van der Waals surface area contributed by atoms with Crippen molar-refractivity contribution >= 4 is 11.8 Å². The molecule has 0 aliphatic carbocycles. The first-order valence-corrected chi connectivity index (χ1v) is 6.94. The van der Waals surface area contributed by atoms with E-state index in [4.69, 9.17) is 14.7 Å². The molecule has 0 saturated carbocycles. The standard InChI is InChI=1S/C13H9N3O3S/c1-20-13-15-11(8(5-14)12(17)16-13)7-2-3-9-10(4-7)19-6-18-9/h2-4H,6H2,1H3,(H,15,16,17). The largest absolute Gasteiger partial charge is 0.454 e. The van der Waals surface area contributed by atoms with E-state index in [9.17, 15) is 4.79 Å². The van der Waals surface area contributed by atoms with Crippen LogP contribution in [-0.2, 0) is 0 Å². The molecule has 7 heteroatoms. The number of thioether (sulfide) groups is 1. The van der Waals surface area contributed by atoms with Crippen LogP contribution < -0.4 is 15.0 Å². The van der Waals surface area contributed by atoms with Gasteiger partial charge in [-0.3, -0.25) is 4.79 Å². The molecule has 0 amide bonds. The Morgan fingerprint density at radius 1 is 1.40 bits per heavy atom. The summed E-state index contributed by atoms with van der Waals surface area (Å²) >= 11 is 1.30. The molecule has 0 saturated heterocycles. The van der Waals surface area contributed by atoms with Gasteiger partial charge in [0.05, 0.1) is 5.69 Å². The summed E-state index contributed by atoms with van der Waals surface area (Å²) in [5, 5.41) is 9.60. The molecule has 0 radical (unpaired) electrons. The topological polar surface area (TPSA) is 88.0 Å². The Labute approximate surface area is 118 Å². The van der Waals surface area contributed by atoms with Gasteiger partial charge in [-0.25, -0.2) is 4.98 Å². The second-order valence-corrected chi connectivity index (χ2v) is 4.77. The molecule has 2 heterocycles.